The zero-order valence-corrected chi connectivity index (χ0v) is 10.1. The van der Waals surface area contributed by atoms with Crippen molar-refractivity contribution in [3.05, 3.63) is 23.8 Å². The Morgan fingerprint density at radius 2 is 2.28 bits per heavy atom. The van der Waals surface area contributed by atoms with Gasteiger partial charge >= 0.3 is 0 Å². The summed E-state index contributed by atoms with van der Waals surface area (Å²) in [6.45, 7) is 1.63. The Labute approximate surface area is 106 Å². The molecule has 2 rings (SSSR count). The Balaban J connectivity index is 1.83. The van der Waals surface area contributed by atoms with Gasteiger partial charge < -0.3 is 20.8 Å². The molecule has 1 aromatic carbocycles. The third-order valence-electron chi connectivity index (χ3n) is 3.17. The summed E-state index contributed by atoms with van der Waals surface area (Å²) < 4.78 is 0. The molecule has 1 fully saturated rings. The first-order chi connectivity index (χ1) is 8.66. The fourth-order valence-electron chi connectivity index (χ4n) is 2.17. The SMILES string of the molecule is O=C(NCCC1CCCN1)c1ccc(O)cc1O. The van der Waals surface area contributed by atoms with Crippen molar-refractivity contribution in [3.8, 4) is 11.5 Å². The van der Waals surface area contributed by atoms with Crippen LogP contribution in [-0.2, 0) is 0 Å². The highest BCUT2D eigenvalue weighted by Gasteiger charge is 2.15. The van der Waals surface area contributed by atoms with Gasteiger partial charge in [-0.3, -0.25) is 4.79 Å². The van der Waals surface area contributed by atoms with Crippen LogP contribution in [0, 0.1) is 0 Å². The first-order valence-electron chi connectivity index (χ1n) is 6.20. The van der Waals surface area contributed by atoms with E-state index in [1.54, 1.807) is 0 Å². The number of hydrogen-bond donors (Lipinski definition) is 4. The minimum atomic E-state index is -0.314. The summed E-state index contributed by atoms with van der Waals surface area (Å²) in [5.74, 6) is -0.573. The molecule has 0 radical (unpaired) electrons. The van der Waals surface area contributed by atoms with Crippen molar-refractivity contribution in [1.29, 1.82) is 0 Å². The molecule has 98 valence electrons. The minimum Gasteiger partial charge on any atom is -0.508 e. The topological polar surface area (TPSA) is 81.6 Å². The molecule has 1 heterocycles. The number of phenols is 2. The third-order valence-corrected chi connectivity index (χ3v) is 3.17. The maximum Gasteiger partial charge on any atom is 0.255 e. The first kappa shape index (κ1) is 12.7. The lowest BCUT2D eigenvalue weighted by Crippen LogP contribution is -2.30. The number of aromatic hydroxyl groups is 2. The first-order valence-corrected chi connectivity index (χ1v) is 6.20. The normalized spacial score (nSPS) is 18.8. The molecule has 1 aliphatic rings. The molecule has 1 saturated heterocycles. The second kappa shape index (κ2) is 5.73. The van der Waals surface area contributed by atoms with Gasteiger partial charge in [-0.2, -0.15) is 0 Å². The molecule has 1 amide bonds. The maximum atomic E-state index is 11.8. The molecule has 1 atom stereocenters. The van der Waals surface area contributed by atoms with E-state index in [0.717, 1.165) is 25.5 Å². The van der Waals surface area contributed by atoms with E-state index < -0.39 is 0 Å². The third kappa shape index (κ3) is 3.13. The number of rotatable bonds is 4. The molecule has 0 aliphatic carbocycles. The van der Waals surface area contributed by atoms with Crippen LogP contribution in [0.2, 0.25) is 0 Å². The smallest absolute Gasteiger partial charge is 0.255 e. The lowest BCUT2D eigenvalue weighted by atomic mass is 10.1. The number of amides is 1. The Morgan fingerprint density at radius 1 is 1.44 bits per heavy atom. The predicted octanol–water partition coefficient (Wildman–Crippen LogP) is 0.970. The van der Waals surface area contributed by atoms with Crippen LogP contribution in [0.5, 0.6) is 11.5 Å². The quantitative estimate of drug-likeness (QED) is 0.642. The van der Waals surface area contributed by atoms with Crippen LogP contribution in [0.25, 0.3) is 0 Å². The fraction of sp³-hybridized carbons (Fsp3) is 0.462. The van der Waals surface area contributed by atoms with E-state index in [9.17, 15) is 9.90 Å². The number of phenolic OH excluding ortho intramolecular Hbond substituents is 2. The lowest BCUT2D eigenvalue weighted by molar-refractivity contribution is 0.0949. The maximum absolute atomic E-state index is 11.8. The second-order valence-corrected chi connectivity index (χ2v) is 4.54. The molecule has 5 nitrogen and oxygen atoms in total. The number of benzene rings is 1. The standard InChI is InChI=1S/C13H18N2O3/c16-10-3-4-11(12(17)8-10)13(18)15-7-5-9-2-1-6-14-9/h3-4,8-9,14,16-17H,1-2,5-7H2,(H,15,18). The zero-order chi connectivity index (χ0) is 13.0. The van der Waals surface area contributed by atoms with Crippen molar-refractivity contribution < 1.29 is 15.0 Å². The van der Waals surface area contributed by atoms with E-state index in [1.807, 2.05) is 0 Å². The minimum absolute atomic E-state index is 0.0563. The predicted molar refractivity (Wildman–Crippen MR) is 67.7 cm³/mol. The van der Waals surface area contributed by atoms with Crippen LogP contribution in [-0.4, -0.2) is 35.3 Å². The van der Waals surface area contributed by atoms with Gasteiger partial charge in [-0.05, 0) is 37.9 Å². The van der Waals surface area contributed by atoms with Crippen LogP contribution in [0.4, 0.5) is 0 Å². The van der Waals surface area contributed by atoms with Crippen molar-refractivity contribution in [2.75, 3.05) is 13.1 Å². The summed E-state index contributed by atoms with van der Waals surface area (Å²) >= 11 is 0. The summed E-state index contributed by atoms with van der Waals surface area (Å²) in [4.78, 5) is 11.8. The van der Waals surface area contributed by atoms with Crippen molar-refractivity contribution in [1.82, 2.24) is 10.6 Å². The van der Waals surface area contributed by atoms with Crippen LogP contribution < -0.4 is 10.6 Å². The number of nitrogens with one attached hydrogen (secondary N) is 2. The lowest BCUT2D eigenvalue weighted by Gasteiger charge is -2.11. The highest BCUT2D eigenvalue weighted by Crippen LogP contribution is 2.22. The number of hydrogen-bond acceptors (Lipinski definition) is 4. The molecule has 4 N–H and O–H groups in total. The van der Waals surface area contributed by atoms with Crippen LogP contribution in [0.1, 0.15) is 29.6 Å². The Hall–Kier alpha value is -1.75. The van der Waals surface area contributed by atoms with Gasteiger partial charge in [-0.1, -0.05) is 0 Å². The van der Waals surface area contributed by atoms with E-state index in [-0.39, 0.29) is 23.0 Å². The van der Waals surface area contributed by atoms with Crippen molar-refractivity contribution in [2.24, 2.45) is 0 Å². The largest absolute Gasteiger partial charge is 0.508 e. The van der Waals surface area contributed by atoms with Gasteiger partial charge in [0.25, 0.3) is 5.91 Å². The number of carbonyl (C=O) groups excluding carboxylic acids is 1. The molecule has 0 spiro atoms. The highest BCUT2D eigenvalue weighted by molar-refractivity contribution is 5.96. The van der Waals surface area contributed by atoms with Crippen LogP contribution in [0.3, 0.4) is 0 Å². The summed E-state index contributed by atoms with van der Waals surface area (Å²) in [6.07, 6.45) is 3.24. The number of carbonyl (C=O) groups is 1. The van der Waals surface area contributed by atoms with E-state index in [1.165, 1.54) is 18.6 Å². The zero-order valence-electron chi connectivity index (χ0n) is 10.1. The summed E-state index contributed by atoms with van der Waals surface area (Å²) in [6, 6.07) is 4.44. The summed E-state index contributed by atoms with van der Waals surface area (Å²) in [5, 5.41) is 24.8. The van der Waals surface area contributed by atoms with Gasteiger partial charge in [-0.25, -0.2) is 0 Å². The van der Waals surface area contributed by atoms with Crippen molar-refractivity contribution in [3.63, 3.8) is 0 Å². The molecular formula is C13H18N2O3. The fourth-order valence-corrected chi connectivity index (χ4v) is 2.17. The van der Waals surface area contributed by atoms with Gasteiger partial charge in [0.1, 0.15) is 11.5 Å². The van der Waals surface area contributed by atoms with Gasteiger partial charge in [0.15, 0.2) is 0 Å². The van der Waals surface area contributed by atoms with Gasteiger partial charge in [0.2, 0.25) is 0 Å². The van der Waals surface area contributed by atoms with Gasteiger partial charge in [0, 0.05) is 18.7 Å². The second-order valence-electron chi connectivity index (χ2n) is 4.54. The Morgan fingerprint density at radius 3 is 2.94 bits per heavy atom. The molecule has 18 heavy (non-hydrogen) atoms. The molecule has 1 unspecified atom stereocenters. The van der Waals surface area contributed by atoms with Crippen molar-refractivity contribution in [2.45, 2.75) is 25.3 Å². The molecule has 1 aromatic rings. The Kier molecular flexibility index (Phi) is 4.04. The van der Waals surface area contributed by atoms with E-state index in [2.05, 4.69) is 10.6 Å². The molecule has 0 bridgehead atoms. The van der Waals surface area contributed by atoms with Gasteiger partial charge in [0.05, 0.1) is 5.56 Å². The highest BCUT2D eigenvalue weighted by atomic mass is 16.3. The van der Waals surface area contributed by atoms with E-state index in [0.29, 0.717) is 12.6 Å². The molecule has 0 saturated carbocycles. The van der Waals surface area contributed by atoms with E-state index in [4.69, 9.17) is 5.11 Å². The molecule has 1 aliphatic heterocycles. The molecule has 0 aromatic heterocycles. The average molecular weight is 250 g/mol. The monoisotopic (exact) mass is 250 g/mol. The van der Waals surface area contributed by atoms with Crippen LogP contribution >= 0.6 is 0 Å². The summed E-state index contributed by atoms with van der Waals surface area (Å²) in [5.41, 5.74) is 0.187. The van der Waals surface area contributed by atoms with Gasteiger partial charge in [-0.15, -0.1) is 0 Å². The van der Waals surface area contributed by atoms with Crippen LogP contribution in [0.15, 0.2) is 18.2 Å². The van der Waals surface area contributed by atoms with E-state index >= 15 is 0 Å². The van der Waals surface area contributed by atoms with Crippen molar-refractivity contribution >= 4 is 5.91 Å². The molecular weight excluding hydrogens is 232 g/mol. The molecule has 5 heteroatoms. The summed E-state index contributed by atoms with van der Waals surface area (Å²) in [7, 11) is 0. The average Bonchev–Trinajstić information content (AvgIpc) is 2.81. The Bertz CT molecular complexity index is 428.